The Labute approximate surface area is 165 Å². The standard InChI is InChI=1S/C20H17N7O2/c21-8-12-1-3-13(4-2-12)14-10-26(11-14)17-7-16(25-27-6-5-22-18(17)27)15-9-23-20(29)24-19(15)28/h1-7,14-15H,9-11H2,(H2,23,24,28,29). The maximum Gasteiger partial charge on any atom is 0.321 e. The second-order valence-electron chi connectivity index (χ2n) is 7.24. The van der Waals surface area contributed by atoms with Crippen LogP contribution in [0.4, 0.5) is 10.5 Å². The number of anilines is 1. The number of aromatic nitrogens is 3. The SMILES string of the molecule is N#Cc1ccc(C2CN(c3cc(C4CNC(=O)NC4=O)nn4ccnc34)C2)cc1. The zero-order valence-corrected chi connectivity index (χ0v) is 15.4. The molecule has 2 aliphatic heterocycles. The molecule has 9 nitrogen and oxygen atoms in total. The summed E-state index contributed by atoms with van der Waals surface area (Å²) in [5.74, 6) is -0.536. The van der Waals surface area contributed by atoms with Crippen molar-refractivity contribution in [1.29, 1.82) is 5.26 Å². The molecule has 144 valence electrons. The monoisotopic (exact) mass is 387 g/mol. The minimum atomic E-state index is -0.547. The molecule has 0 saturated carbocycles. The summed E-state index contributed by atoms with van der Waals surface area (Å²) in [5, 5.41) is 18.4. The van der Waals surface area contributed by atoms with Gasteiger partial charge in [0.15, 0.2) is 5.65 Å². The van der Waals surface area contributed by atoms with Crippen LogP contribution in [0.2, 0.25) is 0 Å². The molecule has 9 heteroatoms. The third kappa shape index (κ3) is 2.95. The van der Waals surface area contributed by atoms with Crippen LogP contribution in [0, 0.1) is 11.3 Å². The van der Waals surface area contributed by atoms with E-state index in [9.17, 15) is 9.59 Å². The van der Waals surface area contributed by atoms with Gasteiger partial charge in [-0.25, -0.2) is 14.3 Å². The van der Waals surface area contributed by atoms with Crippen LogP contribution in [0.5, 0.6) is 0 Å². The van der Waals surface area contributed by atoms with Gasteiger partial charge in [0.1, 0.15) is 0 Å². The van der Waals surface area contributed by atoms with Crippen LogP contribution in [-0.4, -0.2) is 46.2 Å². The Bertz CT molecular complexity index is 1160. The molecular formula is C20H17N7O2. The topological polar surface area (TPSA) is 115 Å². The number of carbonyl (C=O) groups excluding carboxylic acids is 2. The second kappa shape index (κ2) is 6.60. The molecule has 1 aromatic carbocycles. The molecule has 0 spiro atoms. The van der Waals surface area contributed by atoms with Crippen LogP contribution in [0.1, 0.15) is 28.7 Å². The molecule has 0 aliphatic carbocycles. The summed E-state index contributed by atoms with van der Waals surface area (Å²) in [4.78, 5) is 30.2. The van der Waals surface area contributed by atoms with Crippen molar-refractivity contribution in [3.8, 4) is 6.07 Å². The fraction of sp³-hybridized carbons (Fsp3) is 0.250. The van der Waals surface area contributed by atoms with E-state index in [4.69, 9.17) is 5.26 Å². The number of nitrogens with zero attached hydrogens (tertiary/aromatic N) is 5. The molecule has 2 aliphatic rings. The van der Waals surface area contributed by atoms with Crippen molar-refractivity contribution in [1.82, 2.24) is 25.2 Å². The number of hydrogen-bond acceptors (Lipinski definition) is 6. The van der Waals surface area contributed by atoms with Crippen LogP contribution < -0.4 is 15.5 Å². The highest BCUT2D eigenvalue weighted by Crippen LogP contribution is 2.34. The zero-order chi connectivity index (χ0) is 20.0. The van der Waals surface area contributed by atoms with E-state index in [0.29, 0.717) is 17.2 Å². The molecule has 4 heterocycles. The van der Waals surface area contributed by atoms with Crippen LogP contribution in [0.15, 0.2) is 42.7 Å². The highest BCUT2D eigenvalue weighted by atomic mass is 16.2. The average Bonchev–Trinajstić information content (AvgIpc) is 3.16. The molecule has 1 atom stereocenters. The molecule has 0 bridgehead atoms. The predicted octanol–water partition coefficient (Wildman–Crippen LogP) is 1.13. The quantitative estimate of drug-likeness (QED) is 0.696. The predicted molar refractivity (Wildman–Crippen MR) is 103 cm³/mol. The Balaban J connectivity index is 1.42. The van der Waals surface area contributed by atoms with Crippen molar-refractivity contribution >= 4 is 23.3 Å². The maximum atomic E-state index is 12.3. The molecule has 5 rings (SSSR count). The smallest absolute Gasteiger partial charge is 0.321 e. The summed E-state index contributed by atoms with van der Waals surface area (Å²) >= 11 is 0. The molecule has 2 fully saturated rings. The van der Waals surface area contributed by atoms with Gasteiger partial charge in [-0.3, -0.25) is 10.1 Å². The number of urea groups is 1. The van der Waals surface area contributed by atoms with Gasteiger partial charge in [0.2, 0.25) is 5.91 Å². The molecule has 29 heavy (non-hydrogen) atoms. The van der Waals surface area contributed by atoms with Gasteiger partial charge in [0, 0.05) is 37.9 Å². The normalized spacial score (nSPS) is 19.4. The van der Waals surface area contributed by atoms with Crippen molar-refractivity contribution in [2.24, 2.45) is 0 Å². The maximum absolute atomic E-state index is 12.3. The van der Waals surface area contributed by atoms with E-state index < -0.39 is 11.9 Å². The molecule has 0 radical (unpaired) electrons. The lowest BCUT2D eigenvalue weighted by Crippen LogP contribution is -2.51. The number of fused-ring (bicyclic) bond motifs is 1. The summed E-state index contributed by atoms with van der Waals surface area (Å²) in [5.41, 5.74) is 4.08. The van der Waals surface area contributed by atoms with E-state index in [0.717, 1.165) is 24.4 Å². The van der Waals surface area contributed by atoms with Crippen molar-refractivity contribution in [2.45, 2.75) is 11.8 Å². The van der Waals surface area contributed by atoms with Crippen LogP contribution in [0.3, 0.4) is 0 Å². The van der Waals surface area contributed by atoms with Gasteiger partial charge in [-0.1, -0.05) is 12.1 Å². The number of imidazole rings is 1. The third-order valence-corrected chi connectivity index (χ3v) is 5.47. The van der Waals surface area contributed by atoms with E-state index in [-0.39, 0.29) is 12.5 Å². The highest BCUT2D eigenvalue weighted by Gasteiger charge is 2.33. The number of hydrogen-bond donors (Lipinski definition) is 2. The summed E-state index contributed by atoms with van der Waals surface area (Å²) in [6.07, 6.45) is 3.43. The van der Waals surface area contributed by atoms with Crippen molar-refractivity contribution in [3.63, 3.8) is 0 Å². The first kappa shape index (κ1) is 17.2. The van der Waals surface area contributed by atoms with Gasteiger partial charge in [0.25, 0.3) is 0 Å². The third-order valence-electron chi connectivity index (χ3n) is 5.47. The number of nitrogens with one attached hydrogen (secondary N) is 2. The number of carbonyl (C=O) groups is 2. The Morgan fingerprint density at radius 2 is 1.97 bits per heavy atom. The largest absolute Gasteiger partial charge is 0.367 e. The second-order valence-corrected chi connectivity index (χ2v) is 7.24. The number of nitriles is 1. The lowest BCUT2D eigenvalue weighted by molar-refractivity contribution is -0.122. The number of benzene rings is 1. The molecule has 3 aromatic rings. The summed E-state index contributed by atoms with van der Waals surface area (Å²) in [6, 6.07) is 11.2. The number of rotatable bonds is 3. The van der Waals surface area contributed by atoms with Gasteiger partial charge in [-0.2, -0.15) is 10.4 Å². The van der Waals surface area contributed by atoms with Gasteiger partial charge in [0.05, 0.1) is 28.9 Å². The molecule has 2 aromatic heterocycles. The molecule has 3 amide bonds. The zero-order valence-electron chi connectivity index (χ0n) is 15.4. The average molecular weight is 387 g/mol. The molecule has 2 saturated heterocycles. The number of amides is 3. The van der Waals surface area contributed by atoms with Gasteiger partial charge >= 0.3 is 6.03 Å². The fourth-order valence-electron chi connectivity index (χ4n) is 3.81. The molecular weight excluding hydrogens is 370 g/mol. The summed E-state index contributed by atoms with van der Waals surface area (Å²) in [7, 11) is 0. The Morgan fingerprint density at radius 3 is 2.69 bits per heavy atom. The molecule has 1 unspecified atom stereocenters. The van der Waals surface area contributed by atoms with Gasteiger partial charge in [-0.15, -0.1) is 0 Å². The van der Waals surface area contributed by atoms with Crippen molar-refractivity contribution < 1.29 is 9.59 Å². The van der Waals surface area contributed by atoms with Crippen LogP contribution >= 0.6 is 0 Å². The highest BCUT2D eigenvalue weighted by molar-refractivity contribution is 6.00. The van der Waals surface area contributed by atoms with Crippen LogP contribution in [0.25, 0.3) is 5.65 Å². The first-order chi connectivity index (χ1) is 14.1. The first-order valence-corrected chi connectivity index (χ1v) is 9.30. The van der Waals surface area contributed by atoms with Crippen molar-refractivity contribution in [3.05, 3.63) is 59.5 Å². The van der Waals surface area contributed by atoms with Gasteiger partial charge < -0.3 is 10.2 Å². The van der Waals surface area contributed by atoms with E-state index in [2.05, 4.69) is 31.7 Å². The lowest BCUT2D eigenvalue weighted by atomic mass is 9.90. The van der Waals surface area contributed by atoms with E-state index >= 15 is 0 Å². The summed E-state index contributed by atoms with van der Waals surface area (Å²) < 4.78 is 1.67. The number of imide groups is 1. The first-order valence-electron chi connectivity index (χ1n) is 9.30. The fourth-order valence-corrected chi connectivity index (χ4v) is 3.81. The van der Waals surface area contributed by atoms with E-state index in [1.54, 1.807) is 16.9 Å². The van der Waals surface area contributed by atoms with Crippen molar-refractivity contribution in [2.75, 3.05) is 24.5 Å². The molecule has 2 N–H and O–H groups in total. The Morgan fingerprint density at radius 1 is 1.17 bits per heavy atom. The summed E-state index contributed by atoms with van der Waals surface area (Å²) in [6.45, 7) is 1.84. The van der Waals surface area contributed by atoms with E-state index in [1.165, 1.54) is 5.56 Å². The van der Waals surface area contributed by atoms with E-state index in [1.807, 2.05) is 30.3 Å². The Hall–Kier alpha value is -3.93. The Kier molecular flexibility index (Phi) is 3.91. The minimum Gasteiger partial charge on any atom is -0.367 e. The van der Waals surface area contributed by atoms with Crippen LogP contribution in [-0.2, 0) is 4.79 Å². The lowest BCUT2D eigenvalue weighted by Gasteiger charge is -2.41. The minimum absolute atomic E-state index is 0.213. The van der Waals surface area contributed by atoms with Gasteiger partial charge in [-0.05, 0) is 23.8 Å².